The molecule has 1 N–H and O–H groups in total. The molecule has 0 bridgehead atoms. The Balaban J connectivity index is 1.76. The Hall–Kier alpha value is -3.15. The third-order valence-electron chi connectivity index (χ3n) is 5.90. The van der Waals surface area contributed by atoms with Crippen LogP contribution in [0.4, 0.5) is 4.39 Å². The van der Waals surface area contributed by atoms with Crippen LogP contribution < -0.4 is 5.32 Å². The number of aromatic nitrogens is 1. The molecule has 1 aromatic heterocycles. The van der Waals surface area contributed by atoms with Gasteiger partial charge in [0.15, 0.2) is 0 Å². The second-order valence-corrected chi connectivity index (χ2v) is 8.44. The van der Waals surface area contributed by atoms with Gasteiger partial charge in [-0.3, -0.25) is 4.79 Å². The summed E-state index contributed by atoms with van der Waals surface area (Å²) in [5, 5.41) is 8.23. The first kappa shape index (κ1) is 21.1. The Kier molecular flexibility index (Phi) is 6.07. The summed E-state index contributed by atoms with van der Waals surface area (Å²) in [4.78, 5) is 17.1. The Labute approximate surface area is 181 Å². The predicted molar refractivity (Wildman–Crippen MR) is 121 cm³/mol. The lowest BCUT2D eigenvalue weighted by molar-refractivity contribution is -0.124. The molecular weight excluding hydrogens is 393 g/mol. The first-order chi connectivity index (χ1) is 15.0. The van der Waals surface area contributed by atoms with Crippen LogP contribution in [0.25, 0.3) is 10.9 Å². The molecule has 162 valence electrons. The Morgan fingerprint density at radius 3 is 2.90 bits per heavy atom. The van der Waals surface area contributed by atoms with Crippen LogP contribution in [0.5, 0.6) is 0 Å². The van der Waals surface area contributed by atoms with Crippen molar-refractivity contribution in [3.8, 4) is 0 Å². The molecule has 3 aromatic rings. The fraction of sp³-hybridized carbons (Fsp3) is 0.360. The molecule has 4 rings (SSSR count). The van der Waals surface area contributed by atoms with Crippen LogP contribution in [-0.4, -0.2) is 29.8 Å². The van der Waals surface area contributed by atoms with E-state index in [0.29, 0.717) is 6.54 Å². The number of hydrogen-bond donors (Lipinski definition) is 1. The summed E-state index contributed by atoms with van der Waals surface area (Å²) in [5.74, 6) is -0.171. The van der Waals surface area contributed by atoms with E-state index in [1.54, 1.807) is 18.3 Å². The summed E-state index contributed by atoms with van der Waals surface area (Å²) in [5.41, 5.74) is 5.50. The summed E-state index contributed by atoms with van der Waals surface area (Å²) < 4.78 is 16.1. The van der Waals surface area contributed by atoms with Crippen molar-refractivity contribution < 1.29 is 14.0 Å². The number of fused-ring (bicyclic) bond motifs is 3. The van der Waals surface area contributed by atoms with E-state index in [-0.39, 0.29) is 23.7 Å². The number of carbonyl (C=O) groups is 1. The SMILES string of the molecule is CO/N=C/c1ccc2c(c1)c1c(n2Cc2cccc(F)c2)CCC(NC(=O)C(C)C)C1. The van der Waals surface area contributed by atoms with Crippen molar-refractivity contribution >= 4 is 23.0 Å². The highest BCUT2D eigenvalue weighted by atomic mass is 19.1. The van der Waals surface area contributed by atoms with Crippen molar-refractivity contribution in [1.29, 1.82) is 0 Å². The first-order valence-corrected chi connectivity index (χ1v) is 10.7. The highest BCUT2D eigenvalue weighted by molar-refractivity contribution is 5.92. The van der Waals surface area contributed by atoms with E-state index in [9.17, 15) is 9.18 Å². The zero-order valence-electron chi connectivity index (χ0n) is 18.2. The maximum absolute atomic E-state index is 13.8. The summed E-state index contributed by atoms with van der Waals surface area (Å²) in [6, 6.07) is 13.1. The van der Waals surface area contributed by atoms with Gasteiger partial charge in [-0.1, -0.05) is 37.2 Å². The maximum Gasteiger partial charge on any atom is 0.222 e. The lowest BCUT2D eigenvalue weighted by Crippen LogP contribution is -2.41. The van der Waals surface area contributed by atoms with Gasteiger partial charge in [-0.15, -0.1) is 0 Å². The summed E-state index contributed by atoms with van der Waals surface area (Å²) in [7, 11) is 1.52. The third-order valence-corrected chi connectivity index (χ3v) is 5.90. The van der Waals surface area contributed by atoms with Crippen molar-refractivity contribution in [3.05, 3.63) is 70.7 Å². The fourth-order valence-electron chi connectivity index (χ4n) is 4.35. The minimum atomic E-state index is -0.225. The first-order valence-electron chi connectivity index (χ1n) is 10.7. The Morgan fingerprint density at radius 2 is 2.16 bits per heavy atom. The highest BCUT2D eigenvalue weighted by Crippen LogP contribution is 2.33. The molecule has 6 heteroatoms. The van der Waals surface area contributed by atoms with Gasteiger partial charge >= 0.3 is 0 Å². The smallest absolute Gasteiger partial charge is 0.222 e. The lowest BCUT2D eigenvalue weighted by atomic mass is 9.90. The van der Waals surface area contributed by atoms with Crippen LogP contribution >= 0.6 is 0 Å². The van der Waals surface area contributed by atoms with Gasteiger partial charge < -0.3 is 14.7 Å². The zero-order chi connectivity index (χ0) is 22.0. The number of halogens is 1. The van der Waals surface area contributed by atoms with E-state index in [2.05, 4.69) is 27.2 Å². The Morgan fingerprint density at radius 1 is 1.32 bits per heavy atom. The van der Waals surface area contributed by atoms with Gasteiger partial charge in [0.05, 0.1) is 6.21 Å². The topological polar surface area (TPSA) is 55.6 Å². The normalized spacial score (nSPS) is 16.1. The average molecular weight is 422 g/mol. The number of benzene rings is 2. The number of rotatable bonds is 6. The molecule has 0 aliphatic heterocycles. The summed E-state index contributed by atoms with van der Waals surface area (Å²) >= 11 is 0. The number of carbonyl (C=O) groups excluding carboxylic acids is 1. The molecule has 0 radical (unpaired) electrons. The van der Waals surface area contributed by atoms with E-state index in [4.69, 9.17) is 4.84 Å². The second-order valence-electron chi connectivity index (χ2n) is 8.44. The molecule has 1 aliphatic carbocycles. The lowest BCUT2D eigenvalue weighted by Gasteiger charge is -2.26. The molecule has 5 nitrogen and oxygen atoms in total. The molecule has 1 amide bonds. The monoisotopic (exact) mass is 421 g/mol. The highest BCUT2D eigenvalue weighted by Gasteiger charge is 2.27. The van der Waals surface area contributed by atoms with Gasteiger partial charge in [0.1, 0.15) is 12.9 Å². The maximum atomic E-state index is 13.8. The van der Waals surface area contributed by atoms with Gasteiger partial charge in [0.2, 0.25) is 5.91 Å². The number of amides is 1. The molecular formula is C25H28FN3O2. The van der Waals surface area contributed by atoms with E-state index >= 15 is 0 Å². The van der Waals surface area contributed by atoms with Crippen LogP contribution in [0.3, 0.4) is 0 Å². The molecule has 2 aromatic carbocycles. The third kappa shape index (κ3) is 4.48. The average Bonchev–Trinajstić information content (AvgIpc) is 3.04. The fourth-order valence-corrected chi connectivity index (χ4v) is 4.35. The van der Waals surface area contributed by atoms with E-state index in [1.807, 2.05) is 26.0 Å². The van der Waals surface area contributed by atoms with Gasteiger partial charge in [0, 0.05) is 35.1 Å². The second kappa shape index (κ2) is 8.92. The molecule has 0 fully saturated rings. The molecule has 0 spiro atoms. The molecule has 1 atom stereocenters. The standard InChI is InChI=1S/C25H28FN3O2/c1-16(2)25(30)28-20-8-10-24-22(13-20)21-12-17(14-27-31-3)7-9-23(21)29(24)15-18-5-4-6-19(26)11-18/h4-7,9,11-12,14,16,20H,8,10,13,15H2,1-3H3,(H,28,30)/b27-14+. The molecule has 1 aliphatic rings. The Bertz CT molecular complexity index is 1130. The van der Waals surface area contributed by atoms with E-state index < -0.39 is 0 Å². The van der Waals surface area contributed by atoms with Crippen LogP contribution in [0, 0.1) is 11.7 Å². The van der Waals surface area contributed by atoms with Crippen molar-refractivity contribution in [1.82, 2.24) is 9.88 Å². The van der Waals surface area contributed by atoms with Crippen molar-refractivity contribution in [3.63, 3.8) is 0 Å². The van der Waals surface area contributed by atoms with Crippen LogP contribution in [0.2, 0.25) is 0 Å². The van der Waals surface area contributed by atoms with E-state index in [0.717, 1.165) is 41.3 Å². The van der Waals surface area contributed by atoms with Gasteiger partial charge in [-0.2, -0.15) is 0 Å². The van der Waals surface area contributed by atoms with Crippen molar-refractivity contribution in [2.24, 2.45) is 11.1 Å². The predicted octanol–water partition coefficient (Wildman–Crippen LogP) is 4.44. The van der Waals surface area contributed by atoms with Gasteiger partial charge in [-0.05, 0) is 60.2 Å². The van der Waals surface area contributed by atoms with Gasteiger partial charge in [-0.25, -0.2) is 4.39 Å². The molecule has 31 heavy (non-hydrogen) atoms. The minimum Gasteiger partial charge on any atom is -0.399 e. The van der Waals surface area contributed by atoms with Crippen LogP contribution in [0.1, 0.15) is 42.7 Å². The number of hydrogen-bond acceptors (Lipinski definition) is 3. The molecule has 0 saturated heterocycles. The zero-order valence-corrected chi connectivity index (χ0v) is 18.2. The molecule has 1 heterocycles. The largest absolute Gasteiger partial charge is 0.399 e. The molecule has 1 unspecified atom stereocenters. The summed E-state index contributed by atoms with van der Waals surface area (Å²) in [6.45, 7) is 4.43. The van der Waals surface area contributed by atoms with Crippen LogP contribution in [-0.2, 0) is 29.0 Å². The summed E-state index contributed by atoms with van der Waals surface area (Å²) in [6.07, 6.45) is 4.23. The van der Waals surface area contributed by atoms with E-state index in [1.165, 1.54) is 24.4 Å². The minimum absolute atomic E-state index is 0.0347. The van der Waals surface area contributed by atoms with Crippen molar-refractivity contribution in [2.45, 2.75) is 45.7 Å². The quantitative estimate of drug-likeness (QED) is 0.473. The van der Waals surface area contributed by atoms with Crippen molar-refractivity contribution in [2.75, 3.05) is 7.11 Å². The van der Waals surface area contributed by atoms with Gasteiger partial charge in [0.25, 0.3) is 0 Å². The van der Waals surface area contributed by atoms with Crippen LogP contribution in [0.15, 0.2) is 47.6 Å². The number of nitrogens with zero attached hydrogens (tertiary/aromatic N) is 2. The number of oxime groups is 1. The number of nitrogens with one attached hydrogen (secondary N) is 1. The molecule has 0 saturated carbocycles.